The van der Waals surface area contributed by atoms with E-state index in [0.717, 1.165) is 19.7 Å². The minimum atomic E-state index is 0.664. The van der Waals surface area contributed by atoms with Crippen molar-refractivity contribution in [3.63, 3.8) is 0 Å². The van der Waals surface area contributed by atoms with E-state index in [1.807, 2.05) is 0 Å². The number of hydrogen-bond donors (Lipinski definition) is 1. The molecule has 1 N–H and O–H groups in total. The van der Waals surface area contributed by atoms with Gasteiger partial charge in [0.05, 0.1) is 19.8 Å². The molecule has 0 unspecified atom stereocenters. The van der Waals surface area contributed by atoms with Gasteiger partial charge in [0.25, 0.3) is 0 Å². The van der Waals surface area contributed by atoms with Crippen molar-refractivity contribution in [1.82, 2.24) is 5.32 Å². The van der Waals surface area contributed by atoms with Crippen LogP contribution in [0.15, 0.2) is 18.2 Å². The van der Waals surface area contributed by atoms with Crippen molar-refractivity contribution >= 4 is 0 Å². The Morgan fingerprint density at radius 1 is 1.00 bits per heavy atom. The maximum atomic E-state index is 5.37. The first-order chi connectivity index (χ1) is 8.22. The van der Waals surface area contributed by atoms with Crippen molar-refractivity contribution in [3.05, 3.63) is 34.9 Å². The summed E-state index contributed by atoms with van der Waals surface area (Å²) >= 11 is 0. The van der Waals surface area contributed by atoms with Gasteiger partial charge < -0.3 is 14.8 Å². The molecule has 0 aliphatic carbocycles. The normalized spacial score (nSPS) is 10.8. The maximum absolute atomic E-state index is 5.37. The van der Waals surface area contributed by atoms with Gasteiger partial charge in [-0.1, -0.05) is 29.3 Å². The molecular weight excluding hydrogens is 214 g/mol. The molecule has 0 saturated heterocycles. The van der Waals surface area contributed by atoms with Crippen LogP contribution < -0.4 is 5.32 Å². The first kappa shape index (κ1) is 14.2. The number of nitrogens with one attached hydrogen (secondary N) is 1. The van der Waals surface area contributed by atoms with Gasteiger partial charge in [-0.25, -0.2) is 0 Å². The molecule has 0 atom stereocenters. The van der Waals surface area contributed by atoms with Crippen LogP contribution in [0.5, 0.6) is 0 Å². The van der Waals surface area contributed by atoms with Crippen molar-refractivity contribution in [2.24, 2.45) is 0 Å². The fourth-order valence-corrected chi connectivity index (χ4v) is 1.79. The zero-order chi connectivity index (χ0) is 12.5. The molecule has 0 radical (unpaired) electrons. The molecule has 0 heterocycles. The van der Waals surface area contributed by atoms with E-state index in [2.05, 4.69) is 37.4 Å². The molecule has 0 amide bonds. The SMILES string of the molecule is COCCOCCNCc1cc(C)cc(C)c1. The average Bonchev–Trinajstić information content (AvgIpc) is 2.26. The van der Waals surface area contributed by atoms with E-state index in [4.69, 9.17) is 9.47 Å². The molecule has 3 heteroatoms. The third-order valence-electron chi connectivity index (χ3n) is 2.47. The molecule has 0 aliphatic heterocycles. The van der Waals surface area contributed by atoms with Crippen LogP contribution in [0.1, 0.15) is 16.7 Å². The van der Waals surface area contributed by atoms with Crippen LogP contribution in [0.25, 0.3) is 0 Å². The van der Waals surface area contributed by atoms with Gasteiger partial charge in [-0.05, 0) is 19.4 Å². The number of benzene rings is 1. The van der Waals surface area contributed by atoms with E-state index >= 15 is 0 Å². The fraction of sp³-hybridized carbons (Fsp3) is 0.571. The summed E-state index contributed by atoms with van der Waals surface area (Å²) in [6.07, 6.45) is 0. The molecule has 1 aromatic carbocycles. The smallest absolute Gasteiger partial charge is 0.0700 e. The monoisotopic (exact) mass is 237 g/mol. The average molecular weight is 237 g/mol. The van der Waals surface area contributed by atoms with Gasteiger partial charge in [-0.3, -0.25) is 0 Å². The largest absolute Gasteiger partial charge is 0.382 e. The van der Waals surface area contributed by atoms with Gasteiger partial charge in [0, 0.05) is 20.2 Å². The van der Waals surface area contributed by atoms with Crippen molar-refractivity contribution in [2.75, 3.05) is 33.5 Å². The summed E-state index contributed by atoms with van der Waals surface area (Å²) in [7, 11) is 1.68. The van der Waals surface area contributed by atoms with Gasteiger partial charge in [0.1, 0.15) is 0 Å². The molecule has 1 aromatic rings. The third kappa shape index (κ3) is 6.41. The maximum Gasteiger partial charge on any atom is 0.0700 e. The lowest BCUT2D eigenvalue weighted by Crippen LogP contribution is -2.20. The van der Waals surface area contributed by atoms with E-state index in [1.54, 1.807) is 7.11 Å². The predicted molar refractivity (Wildman–Crippen MR) is 70.3 cm³/mol. The molecule has 0 saturated carbocycles. The Kier molecular flexibility index (Phi) is 6.86. The van der Waals surface area contributed by atoms with Crippen molar-refractivity contribution < 1.29 is 9.47 Å². The quantitative estimate of drug-likeness (QED) is 0.702. The van der Waals surface area contributed by atoms with Gasteiger partial charge in [0.15, 0.2) is 0 Å². The second kappa shape index (κ2) is 8.23. The van der Waals surface area contributed by atoms with Crippen LogP contribution in [0.2, 0.25) is 0 Å². The van der Waals surface area contributed by atoms with Crippen LogP contribution in [0.3, 0.4) is 0 Å². The molecule has 96 valence electrons. The Balaban J connectivity index is 2.13. The molecule has 0 aliphatic rings. The van der Waals surface area contributed by atoms with E-state index < -0.39 is 0 Å². The standard InChI is InChI=1S/C14H23NO2/c1-12-8-13(2)10-14(9-12)11-15-4-5-17-7-6-16-3/h8-10,15H,4-7,11H2,1-3H3. The lowest BCUT2D eigenvalue weighted by Gasteiger charge is -2.07. The van der Waals surface area contributed by atoms with Gasteiger partial charge in [-0.15, -0.1) is 0 Å². The van der Waals surface area contributed by atoms with Crippen LogP contribution in [0, 0.1) is 13.8 Å². The molecule has 0 aromatic heterocycles. The van der Waals surface area contributed by atoms with Gasteiger partial charge in [-0.2, -0.15) is 0 Å². The van der Waals surface area contributed by atoms with Crippen LogP contribution in [0.4, 0.5) is 0 Å². The predicted octanol–water partition coefficient (Wildman–Crippen LogP) is 2.06. The third-order valence-corrected chi connectivity index (χ3v) is 2.47. The Bertz CT molecular complexity index is 306. The number of methoxy groups -OCH3 is 1. The van der Waals surface area contributed by atoms with Crippen molar-refractivity contribution in [3.8, 4) is 0 Å². The lowest BCUT2D eigenvalue weighted by molar-refractivity contribution is 0.0719. The summed E-state index contributed by atoms with van der Waals surface area (Å²) in [6.45, 7) is 8.09. The van der Waals surface area contributed by atoms with E-state index in [9.17, 15) is 0 Å². The Morgan fingerprint density at radius 2 is 1.71 bits per heavy atom. The molecule has 1 rings (SSSR count). The molecule has 0 spiro atoms. The number of hydrogen-bond acceptors (Lipinski definition) is 3. The molecule has 0 bridgehead atoms. The van der Waals surface area contributed by atoms with Crippen molar-refractivity contribution in [2.45, 2.75) is 20.4 Å². The van der Waals surface area contributed by atoms with Gasteiger partial charge in [0.2, 0.25) is 0 Å². The first-order valence-electron chi connectivity index (χ1n) is 6.07. The van der Waals surface area contributed by atoms with E-state index in [-0.39, 0.29) is 0 Å². The Morgan fingerprint density at radius 3 is 2.35 bits per heavy atom. The fourth-order valence-electron chi connectivity index (χ4n) is 1.79. The Hall–Kier alpha value is -0.900. The summed E-state index contributed by atoms with van der Waals surface area (Å²) in [5.41, 5.74) is 3.97. The van der Waals surface area contributed by atoms with Crippen LogP contribution in [-0.2, 0) is 16.0 Å². The number of aryl methyl sites for hydroxylation is 2. The molecule has 17 heavy (non-hydrogen) atoms. The number of rotatable bonds is 8. The first-order valence-corrected chi connectivity index (χ1v) is 6.07. The summed E-state index contributed by atoms with van der Waals surface area (Å²) in [5, 5.41) is 3.37. The van der Waals surface area contributed by atoms with Crippen molar-refractivity contribution in [1.29, 1.82) is 0 Å². The van der Waals surface area contributed by atoms with Crippen LogP contribution >= 0.6 is 0 Å². The molecular formula is C14H23NO2. The summed E-state index contributed by atoms with van der Waals surface area (Å²) in [6, 6.07) is 6.62. The highest BCUT2D eigenvalue weighted by atomic mass is 16.5. The second-order valence-electron chi connectivity index (χ2n) is 4.28. The summed E-state index contributed by atoms with van der Waals surface area (Å²) in [4.78, 5) is 0. The summed E-state index contributed by atoms with van der Waals surface area (Å²) in [5.74, 6) is 0. The second-order valence-corrected chi connectivity index (χ2v) is 4.28. The Labute approximate surface area is 104 Å². The molecule has 3 nitrogen and oxygen atoms in total. The minimum absolute atomic E-state index is 0.664. The van der Waals surface area contributed by atoms with E-state index in [0.29, 0.717) is 13.2 Å². The highest BCUT2D eigenvalue weighted by Gasteiger charge is 1.95. The zero-order valence-electron chi connectivity index (χ0n) is 11.1. The molecule has 0 fully saturated rings. The van der Waals surface area contributed by atoms with Gasteiger partial charge >= 0.3 is 0 Å². The minimum Gasteiger partial charge on any atom is -0.382 e. The number of ether oxygens (including phenoxy) is 2. The lowest BCUT2D eigenvalue weighted by atomic mass is 10.1. The summed E-state index contributed by atoms with van der Waals surface area (Å²) < 4.78 is 10.3. The van der Waals surface area contributed by atoms with E-state index in [1.165, 1.54) is 16.7 Å². The zero-order valence-corrected chi connectivity index (χ0v) is 11.1. The highest BCUT2D eigenvalue weighted by Crippen LogP contribution is 2.08. The highest BCUT2D eigenvalue weighted by molar-refractivity contribution is 5.28. The van der Waals surface area contributed by atoms with Crippen LogP contribution in [-0.4, -0.2) is 33.5 Å². The topological polar surface area (TPSA) is 30.5 Å².